The Bertz CT molecular complexity index is 819. The van der Waals surface area contributed by atoms with Crippen LogP contribution in [0.5, 0.6) is 0 Å². The van der Waals surface area contributed by atoms with Crippen LogP contribution >= 0.6 is 0 Å². The van der Waals surface area contributed by atoms with Crippen LogP contribution in [-0.2, 0) is 6.18 Å². The normalized spacial score (nSPS) is 10.9. The Labute approximate surface area is 149 Å². The summed E-state index contributed by atoms with van der Waals surface area (Å²) in [5, 5.41) is 11.4. The zero-order valence-corrected chi connectivity index (χ0v) is 14.4. The van der Waals surface area contributed by atoms with Crippen molar-refractivity contribution in [3.8, 4) is 6.07 Å². The number of rotatable bonds is 5. The van der Waals surface area contributed by atoms with E-state index in [2.05, 4.69) is 5.32 Å². The van der Waals surface area contributed by atoms with Crippen LogP contribution in [-0.4, -0.2) is 19.0 Å². The molecular weight excluding hydrogens is 343 g/mol. The van der Waals surface area contributed by atoms with E-state index in [-0.39, 0.29) is 11.3 Å². The number of carbonyl (C=O) groups is 1. The van der Waals surface area contributed by atoms with E-state index in [1.165, 1.54) is 30.3 Å². The molecule has 2 aromatic rings. The maximum atomic E-state index is 13.1. The van der Waals surface area contributed by atoms with Crippen molar-refractivity contribution in [1.82, 2.24) is 0 Å². The Morgan fingerprint density at radius 3 is 2.23 bits per heavy atom. The van der Waals surface area contributed by atoms with Crippen molar-refractivity contribution in [2.75, 3.05) is 23.3 Å². The minimum atomic E-state index is -4.50. The maximum absolute atomic E-state index is 13.1. The van der Waals surface area contributed by atoms with Gasteiger partial charge in [-0.25, -0.2) is 0 Å². The number of hydrogen-bond acceptors (Lipinski definition) is 3. The van der Waals surface area contributed by atoms with Gasteiger partial charge in [0.25, 0.3) is 5.91 Å². The Hall–Kier alpha value is -3.01. The SMILES string of the molecule is CCN(CC)c1ccc(C(F)(F)F)cc1NC(=O)c1ccc(C#N)cc1. The molecule has 0 unspecified atom stereocenters. The maximum Gasteiger partial charge on any atom is 0.416 e. The summed E-state index contributed by atoms with van der Waals surface area (Å²) in [6.07, 6.45) is -4.50. The second kappa shape index (κ2) is 7.91. The Morgan fingerprint density at radius 2 is 1.73 bits per heavy atom. The van der Waals surface area contributed by atoms with Gasteiger partial charge in [0.1, 0.15) is 0 Å². The summed E-state index contributed by atoms with van der Waals surface area (Å²) in [5.74, 6) is -0.540. The number of carbonyl (C=O) groups excluding carboxylic acids is 1. The summed E-state index contributed by atoms with van der Waals surface area (Å²) >= 11 is 0. The van der Waals surface area contributed by atoms with Gasteiger partial charge in [-0.3, -0.25) is 4.79 Å². The van der Waals surface area contributed by atoms with Crippen LogP contribution in [0.3, 0.4) is 0 Å². The number of hydrogen-bond donors (Lipinski definition) is 1. The highest BCUT2D eigenvalue weighted by Crippen LogP contribution is 2.35. The molecule has 0 bridgehead atoms. The van der Waals surface area contributed by atoms with Gasteiger partial charge in [0.15, 0.2) is 0 Å². The van der Waals surface area contributed by atoms with E-state index in [1.807, 2.05) is 24.8 Å². The first-order valence-corrected chi connectivity index (χ1v) is 8.07. The average molecular weight is 361 g/mol. The minimum absolute atomic E-state index is 0.0953. The van der Waals surface area contributed by atoms with Crippen molar-refractivity contribution >= 4 is 17.3 Å². The minimum Gasteiger partial charge on any atom is -0.370 e. The molecule has 0 saturated heterocycles. The fourth-order valence-corrected chi connectivity index (χ4v) is 2.54. The van der Waals surface area contributed by atoms with Crippen molar-refractivity contribution in [3.05, 3.63) is 59.2 Å². The highest BCUT2D eigenvalue weighted by molar-refractivity contribution is 6.06. The number of alkyl halides is 3. The van der Waals surface area contributed by atoms with E-state index >= 15 is 0 Å². The van der Waals surface area contributed by atoms with E-state index in [0.29, 0.717) is 24.3 Å². The molecule has 26 heavy (non-hydrogen) atoms. The molecule has 0 aromatic heterocycles. The number of halogens is 3. The first-order valence-electron chi connectivity index (χ1n) is 8.07. The predicted molar refractivity (Wildman–Crippen MR) is 94.1 cm³/mol. The third-order valence-electron chi connectivity index (χ3n) is 3.95. The first-order chi connectivity index (χ1) is 12.3. The molecule has 4 nitrogen and oxygen atoms in total. The topological polar surface area (TPSA) is 56.1 Å². The van der Waals surface area contributed by atoms with Gasteiger partial charge in [-0.15, -0.1) is 0 Å². The van der Waals surface area contributed by atoms with Crippen LogP contribution < -0.4 is 10.2 Å². The molecule has 0 atom stereocenters. The lowest BCUT2D eigenvalue weighted by Gasteiger charge is -2.25. The van der Waals surface area contributed by atoms with E-state index in [1.54, 1.807) is 0 Å². The fraction of sp³-hybridized carbons (Fsp3) is 0.263. The number of nitriles is 1. The second-order valence-corrected chi connectivity index (χ2v) is 5.55. The Kier molecular flexibility index (Phi) is 5.88. The van der Waals surface area contributed by atoms with Crippen molar-refractivity contribution < 1.29 is 18.0 Å². The fourth-order valence-electron chi connectivity index (χ4n) is 2.54. The summed E-state index contributed by atoms with van der Waals surface area (Å²) < 4.78 is 39.2. The summed E-state index contributed by atoms with van der Waals surface area (Å²) in [7, 11) is 0. The van der Waals surface area contributed by atoms with Gasteiger partial charge in [-0.1, -0.05) is 0 Å². The van der Waals surface area contributed by atoms with Gasteiger partial charge in [0.2, 0.25) is 0 Å². The Morgan fingerprint density at radius 1 is 1.12 bits per heavy atom. The molecular formula is C19H18F3N3O. The second-order valence-electron chi connectivity index (χ2n) is 5.55. The van der Waals surface area contributed by atoms with Crippen LogP contribution in [0.1, 0.15) is 35.3 Å². The summed E-state index contributed by atoms with van der Waals surface area (Å²) in [6, 6.07) is 11.1. The molecule has 0 saturated carbocycles. The van der Waals surface area contributed by atoms with Gasteiger partial charge in [0.05, 0.1) is 28.6 Å². The number of anilines is 2. The molecule has 2 aromatic carbocycles. The quantitative estimate of drug-likeness (QED) is 0.842. The highest BCUT2D eigenvalue weighted by atomic mass is 19.4. The van der Waals surface area contributed by atoms with Crippen molar-refractivity contribution in [1.29, 1.82) is 5.26 Å². The molecule has 2 rings (SSSR count). The standard InChI is InChI=1S/C19H18F3N3O/c1-3-25(4-2)17-10-9-15(19(20,21)22)11-16(17)24-18(26)14-7-5-13(12-23)6-8-14/h5-11H,3-4H2,1-2H3,(H,24,26). The van der Waals surface area contributed by atoms with Gasteiger partial charge in [-0.05, 0) is 56.3 Å². The third kappa shape index (κ3) is 4.33. The van der Waals surface area contributed by atoms with E-state index in [4.69, 9.17) is 5.26 Å². The van der Waals surface area contributed by atoms with Crippen molar-refractivity contribution in [2.24, 2.45) is 0 Å². The summed E-state index contributed by atoms with van der Waals surface area (Å²) in [4.78, 5) is 14.3. The molecule has 0 aliphatic heterocycles. The van der Waals surface area contributed by atoms with Crippen molar-refractivity contribution in [2.45, 2.75) is 20.0 Å². The van der Waals surface area contributed by atoms with E-state index < -0.39 is 17.6 Å². The highest BCUT2D eigenvalue weighted by Gasteiger charge is 2.31. The summed E-state index contributed by atoms with van der Waals surface area (Å²) in [6.45, 7) is 4.93. The smallest absolute Gasteiger partial charge is 0.370 e. The van der Waals surface area contributed by atoms with Gasteiger partial charge < -0.3 is 10.2 Å². The third-order valence-corrected chi connectivity index (χ3v) is 3.95. The van der Waals surface area contributed by atoms with Crippen LogP contribution in [0, 0.1) is 11.3 Å². The molecule has 0 heterocycles. The molecule has 0 fully saturated rings. The lowest BCUT2D eigenvalue weighted by molar-refractivity contribution is -0.137. The van der Waals surface area contributed by atoms with Gasteiger partial charge >= 0.3 is 6.18 Å². The van der Waals surface area contributed by atoms with Crippen LogP contribution in [0.4, 0.5) is 24.5 Å². The molecule has 7 heteroatoms. The zero-order valence-electron chi connectivity index (χ0n) is 14.4. The van der Waals surface area contributed by atoms with Gasteiger partial charge in [0, 0.05) is 18.7 Å². The summed E-state index contributed by atoms with van der Waals surface area (Å²) in [5.41, 5.74) is 0.433. The van der Waals surface area contributed by atoms with Crippen LogP contribution in [0.25, 0.3) is 0 Å². The van der Waals surface area contributed by atoms with Crippen LogP contribution in [0.15, 0.2) is 42.5 Å². The first kappa shape index (κ1) is 19.3. The van der Waals surface area contributed by atoms with Gasteiger partial charge in [-0.2, -0.15) is 18.4 Å². The molecule has 1 N–H and O–H groups in total. The number of amides is 1. The molecule has 0 aliphatic rings. The predicted octanol–water partition coefficient (Wildman–Crippen LogP) is 4.68. The largest absolute Gasteiger partial charge is 0.416 e. The van der Waals surface area contributed by atoms with E-state index in [9.17, 15) is 18.0 Å². The molecule has 136 valence electrons. The van der Waals surface area contributed by atoms with Crippen molar-refractivity contribution in [3.63, 3.8) is 0 Å². The molecule has 0 radical (unpaired) electrons. The monoisotopic (exact) mass is 361 g/mol. The lowest BCUT2D eigenvalue weighted by Crippen LogP contribution is -2.24. The number of benzene rings is 2. The Balaban J connectivity index is 2.40. The molecule has 0 spiro atoms. The molecule has 0 aliphatic carbocycles. The van der Waals surface area contributed by atoms with E-state index in [0.717, 1.165) is 12.1 Å². The number of nitrogens with zero attached hydrogens (tertiary/aromatic N) is 2. The lowest BCUT2D eigenvalue weighted by atomic mass is 10.1. The van der Waals surface area contributed by atoms with Crippen LogP contribution in [0.2, 0.25) is 0 Å². The number of nitrogens with one attached hydrogen (secondary N) is 1. The molecule has 1 amide bonds. The average Bonchev–Trinajstić information content (AvgIpc) is 2.63. The zero-order chi connectivity index (χ0) is 19.3.